The van der Waals surface area contributed by atoms with Crippen molar-refractivity contribution in [1.82, 2.24) is 10.3 Å². The first kappa shape index (κ1) is 13.0. The third-order valence-electron chi connectivity index (χ3n) is 2.68. The molecule has 1 aromatic heterocycles. The Bertz CT molecular complexity index is 622. The largest absolute Gasteiger partial charge is 0.480 e. The monoisotopic (exact) mass is 260 g/mol. The molecule has 19 heavy (non-hydrogen) atoms. The minimum Gasteiger partial charge on any atom is -0.480 e. The Hall–Kier alpha value is -2.47. The molecule has 0 saturated heterocycles. The van der Waals surface area contributed by atoms with Crippen LogP contribution in [-0.4, -0.2) is 39.7 Å². The number of carboxylic acids is 1. The predicted molar refractivity (Wildman–Crippen MR) is 67.7 cm³/mol. The van der Waals surface area contributed by atoms with E-state index in [9.17, 15) is 9.59 Å². The maximum absolute atomic E-state index is 12.0. The Balaban J connectivity index is 2.34. The summed E-state index contributed by atoms with van der Waals surface area (Å²) in [6.45, 7) is -0.663. The SMILES string of the molecule is O=C(N[C@@H](CO)C(=O)O)c1cccc2ncccc12. The normalized spacial score (nSPS) is 12.1. The standard InChI is InChI=1S/C13H12N2O4/c16-7-11(13(18)19)15-12(17)9-3-1-5-10-8(9)4-2-6-14-10/h1-6,11,16H,7H2,(H,15,17)(H,18,19)/t11-/m0/s1. The number of hydrogen-bond acceptors (Lipinski definition) is 4. The third-order valence-corrected chi connectivity index (χ3v) is 2.68. The Morgan fingerprint density at radius 3 is 2.74 bits per heavy atom. The molecule has 0 fully saturated rings. The number of aliphatic carboxylic acids is 1. The number of rotatable bonds is 4. The Morgan fingerprint density at radius 1 is 1.26 bits per heavy atom. The van der Waals surface area contributed by atoms with Crippen LogP contribution in [0.3, 0.4) is 0 Å². The van der Waals surface area contributed by atoms with Gasteiger partial charge in [0.1, 0.15) is 0 Å². The van der Waals surface area contributed by atoms with Crippen LogP contribution >= 0.6 is 0 Å². The Labute approximate surface area is 108 Å². The summed E-state index contributed by atoms with van der Waals surface area (Å²) in [6.07, 6.45) is 1.61. The number of fused-ring (bicyclic) bond motifs is 1. The number of pyridine rings is 1. The summed E-state index contributed by atoms with van der Waals surface area (Å²) in [4.78, 5) is 26.9. The number of aromatic nitrogens is 1. The zero-order chi connectivity index (χ0) is 13.8. The molecule has 0 unspecified atom stereocenters. The molecule has 1 atom stereocenters. The Kier molecular flexibility index (Phi) is 3.72. The highest BCUT2D eigenvalue weighted by Crippen LogP contribution is 2.16. The second-order valence-electron chi connectivity index (χ2n) is 3.92. The highest BCUT2D eigenvalue weighted by Gasteiger charge is 2.20. The van der Waals surface area contributed by atoms with E-state index in [0.717, 1.165) is 0 Å². The number of nitrogens with zero attached hydrogens (tertiary/aromatic N) is 1. The lowest BCUT2D eigenvalue weighted by molar-refractivity contribution is -0.140. The highest BCUT2D eigenvalue weighted by atomic mass is 16.4. The molecule has 1 amide bonds. The third kappa shape index (κ3) is 2.69. The molecule has 0 spiro atoms. The number of benzene rings is 1. The number of aliphatic hydroxyl groups is 1. The Morgan fingerprint density at radius 2 is 2.05 bits per heavy atom. The van der Waals surface area contributed by atoms with Crippen molar-refractivity contribution in [3.8, 4) is 0 Å². The van der Waals surface area contributed by atoms with Gasteiger partial charge in [-0.3, -0.25) is 9.78 Å². The molecule has 0 aliphatic carbocycles. The van der Waals surface area contributed by atoms with Gasteiger partial charge in [-0.2, -0.15) is 0 Å². The van der Waals surface area contributed by atoms with Crippen LogP contribution in [0.1, 0.15) is 10.4 Å². The van der Waals surface area contributed by atoms with Gasteiger partial charge in [-0.15, -0.1) is 0 Å². The van der Waals surface area contributed by atoms with Crippen LogP contribution in [-0.2, 0) is 4.79 Å². The van der Waals surface area contributed by atoms with Gasteiger partial charge in [-0.25, -0.2) is 4.79 Å². The molecular weight excluding hydrogens is 248 g/mol. The van der Waals surface area contributed by atoms with E-state index in [4.69, 9.17) is 10.2 Å². The van der Waals surface area contributed by atoms with Gasteiger partial charge in [0.15, 0.2) is 6.04 Å². The van der Waals surface area contributed by atoms with Gasteiger partial charge in [0.25, 0.3) is 5.91 Å². The number of hydrogen-bond donors (Lipinski definition) is 3. The van der Waals surface area contributed by atoms with Crippen molar-refractivity contribution in [2.45, 2.75) is 6.04 Å². The molecule has 0 aliphatic rings. The van der Waals surface area contributed by atoms with E-state index < -0.39 is 24.5 Å². The predicted octanol–water partition coefficient (Wildman–Crippen LogP) is 0.410. The number of carbonyl (C=O) groups excluding carboxylic acids is 1. The minimum atomic E-state index is -1.32. The van der Waals surface area contributed by atoms with Gasteiger partial charge in [0.05, 0.1) is 12.1 Å². The topological polar surface area (TPSA) is 99.5 Å². The van der Waals surface area contributed by atoms with Crippen LogP contribution in [0, 0.1) is 0 Å². The molecule has 0 radical (unpaired) electrons. The second kappa shape index (κ2) is 5.45. The summed E-state index contributed by atoms with van der Waals surface area (Å²) in [5, 5.41) is 20.6. The minimum absolute atomic E-state index is 0.324. The molecule has 6 nitrogen and oxygen atoms in total. The maximum Gasteiger partial charge on any atom is 0.328 e. The maximum atomic E-state index is 12.0. The van der Waals surface area contributed by atoms with Crippen LogP contribution in [0.2, 0.25) is 0 Å². The fourth-order valence-electron chi connectivity index (χ4n) is 1.72. The molecule has 0 saturated carbocycles. The first-order valence-electron chi connectivity index (χ1n) is 5.61. The average molecular weight is 260 g/mol. The van der Waals surface area contributed by atoms with E-state index in [2.05, 4.69) is 10.3 Å². The van der Waals surface area contributed by atoms with Gasteiger partial charge < -0.3 is 15.5 Å². The van der Waals surface area contributed by atoms with E-state index in [1.54, 1.807) is 36.5 Å². The van der Waals surface area contributed by atoms with Crippen LogP contribution in [0.5, 0.6) is 0 Å². The molecule has 98 valence electrons. The van der Waals surface area contributed by atoms with E-state index in [1.807, 2.05) is 0 Å². The first-order valence-corrected chi connectivity index (χ1v) is 5.61. The fraction of sp³-hybridized carbons (Fsp3) is 0.154. The zero-order valence-corrected chi connectivity index (χ0v) is 9.91. The van der Waals surface area contributed by atoms with Crippen molar-refractivity contribution >= 4 is 22.8 Å². The number of nitrogens with one attached hydrogen (secondary N) is 1. The van der Waals surface area contributed by atoms with Crippen molar-refractivity contribution in [3.05, 3.63) is 42.1 Å². The zero-order valence-electron chi connectivity index (χ0n) is 9.91. The first-order chi connectivity index (χ1) is 9.13. The molecule has 2 aromatic rings. The lowest BCUT2D eigenvalue weighted by atomic mass is 10.1. The summed E-state index contributed by atoms with van der Waals surface area (Å²) in [6, 6.07) is 7.10. The summed E-state index contributed by atoms with van der Waals surface area (Å²) in [7, 11) is 0. The van der Waals surface area contributed by atoms with Gasteiger partial charge in [-0.1, -0.05) is 12.1 Å². The molecule has 1 heterocycles. The van der Waals surface area contributed by atoms with Gasteiger partial charge in [0.2, 0.25) is 0 Å². The molecular formula is C13H12N2O4. The van der Waals surface area contributed by atoms with Crippen molar-refractivity contribution < 1.29 is 19.8 Å². The van der Waals surface area contributed by atoms with Crippen molar-refractivity contribution in [2.24, 2.45) is 0 Å². The molecule has 0 aliphatic heterocycles. The highest BCUT2D eigenvalue weighted by molar-refractivity contribution is 6.07. The summed E-state index contributed by atoms with van der Waals surface area (Å²) < 4.78 is 0. The molecule has 0 bridgehead atoms. The quantitative estimate of drug-likeness (QED) is 0.739. The van der Waals surface area contributed by atoms with Crippen LogP contribution in [0.25, 0.3) is 10.9 Å². The van der Waals surface area contributed by atoms with Crippen LogP contribution < -0.4 is 5.32 Å². The molecule has 2 rings (SSSR count). The van der Waals surface area contributed by atoms with Crippen LogP contribution in [0.15, 0.2) is 36.5 Å². The van der Waals surface area contributed by atoms with Gasteiger partial charge in [-0.05, 0) is 18.2 Å². The van der Waals surface area contributed by atoms with E-state index >= 15 is 0 Å². The van der Waals surface area contributed by atoms with E-state index in [0.29, 0.717) is 16.5 Å². The number of carboxylic acid groups (broad SMARTS) is 1. The molecule has 6 heteroatoms. The lowest BCUT2D eigenvalue weighted by Gasteiger charge is -2.12. The van der Waals surface area contributed by atoms with Gasteiger partial charge in [0, 0.05) is 17.1 Å². The number of carbonyl (C=O) groups is 2. The fourth-order valence-corrected chi connectivity index (χ4v) is 1.72. The number of amides is 1. The van der Waals surface area contributed by atoms with E-state index in [1.165, 1.54) is 0 Å². The summed E-state index contributed by atoms with van der Waals surface area (Å²) in [5.41, 5.74) is 0.969. The second-order valence-corrected chi connectivity index (χ2v) is 3.92. The van der Waals surface area contributed by atoms with E-state index in [-0.39, 0.29) is 0 Å². The molecule has 1 aromatic carbocycles. The van der Waals surface area contributed by atoms with Crippen LogP contribution in [0.4, 0.5) is 0 Å². The summed E-state index contributed by atoms with van der Waals surface area (Å²) in [5.74, 6) is -1.84. The summed E-state index contributed by atoms with van der Waals surface area (Å²) >= 11 is 0. The van der Waals surface area contributed by atoms with Crippen molar-refractivity contribution in [2.75, 3.05) is 6.61 Å². The van der Waals surface area contributed by atoms with Gasteiger partial charge >= 0.3 is 5.97 Å². The number of aliphatic hydroxyl groups excluding tert-OH is 1. The lowest BCUT2D eigenvalue weighted by Crippen LogP contribution is -2.43. The average Bonchev–Trinajstić information content (AvgIpc) is 2.43. The van der Waals surface area contributed by atoms with Crippen molar-refractivity contribution in [3.63, 3.8) is 0 Å². The van der Waals surface area contributed by atoms with Crippen molar-refractivity contribution in [1.29, 1.82) is 0 Å². The smallest absolute Gasteiger partial charge is 0.328 e. The molecule has 3 N–H and O–H groups in total.